The molecule has 0 radical (unpaired) electrons. The van der Waals surface area contributed by atoms with Gasteiger partial charge in [-0.1, -0.05) is 44.7 Å². The van der Waals surface area contributed by atoms with Gasteiger partial charge in [-0.05, 0) is 24.6 Å². The van der Waals surface area contributed by atoms with Crippen molar-refractivity contribution < 1.29 is 9.53 Å². The first-order chi connectivity index (χ1) is 6.70. The maximum Gasteiger partial charge on any atom is 0.368 e. The first-order valence-corrected chi connectivity index (χ1v) is 6.60. The zero-order valence-electron chi connectivity index (χ0n) is 8.92. The van der Waals surface area contributed by atoms with Gasteiger partial charge in [0.1, 0.15) is 0 Å². The van der Waals surface area contributed by atoms with Gasteiger partial charge in [0, 0.05) is 5.75 Å². The fourth-order valence-electron chi connectivity index (χ4n) is 1.05. The van der Waals surface area contributed by atoms with Crippen LogP contribution >= 0.6 is 23.4 Å². The Balaban J connectivity index is 3.35. The number of alkyl halides is 1. The first kappa shape index (κ1) is 14.1. The van der Waals surface area contributed by atoms with Crippen LogP contribution in [-0.2, 0) is 4.74 Å². The number of rotatable bonds is 7. The molecule has 0 aliphatic carbocycles. The summed E-state index contributed by atoms with van der Waals surface area (Å²) in [6, 6.07) is 0. The molecule has 14 heavy (non-hydrogen) atoms. The molecule has 0 heterocycles. The van der Waals surface area contributed by atoms with Crippen molar-refractivity contribution in [3.8, 4) is 0 Å². The Labute approximate surface area is 95.7 Å². The Morgan fingerprint density at radius 1 is 1.36 bits per heavy atom. The molecule has 0 saturated heterocycles. The molecule has 0 N–H and O–H groups in total. The van der Waals surface area contributed by atoms with Gasteiger partial charge < -0.3 is 4.74 Å². The second-order valence-electron chi connectivity index (χ2n) is 3.06. The average molecular weight is 239 g/mol. The summed E-state index contributed by atoms with van der Waals surface area (Å²) in [5.41, 5.74) is -0.446. The van der Waals surface area contributed by atoms with E-state index in [1.165, 1.54) is 12.8 Å². The fraction of sp³-hybridized carbons (Fsp3) is 0.900. The average Bonchev–Trinajstić information content (AvgIpc) is 2.13. The minimum Gasteiger partial charge on any atom is -0.438 e. The molecule has 0 amide bonds. The summed E-state index contributed by atoms with van der Waals surface area (Å²) in [6.45, 7) is 4.08. The van der Waals surface area contributed by atoms with E-state index >= 15 is 0 Å². The lowest BCUT2D eigenvalue weighted by atomic mass is 10.2. The van der Waals surface area contributed by atoms with Gasteiger partial charge in [0.25, 0.3) is 0 Å². The van der Waals surface area contributed by atoms with E-state index < -0.39 is 5.56 Å². The van der Waals surface area contributed by atoms with Crippen LogP contribution in [-0.4, -0.2) is 16.6 Å². The summed E-state index contributed by atoms with van der Waals surface area (Å²) in [6.07, 6.45) is 5.39. The highest BCUT2D eigenvalue weighted by Gasteiger charge is 2.10. The van der Waals surface area contributed by atoms with Gasteiger partial charge in [0.15, 0.2) is 5.56 Å². The quantitative estimate of drug-likeness (QED) is 0.373. The summed E-state index contributed by atoms with van der Waals surface area (Å²) in [5.74, 6) is 0.734. The van der Waals surface area contributed by atoms with Crippen molar-refractivity contribution in [1.82, 2.24) is 0 Å². The Hall–Kier alpha value is 0.110. The Morgan fingerprint density at radius 3 is 2.64 bits per heavy atom. The summed E-state index contributed by atoms with van der Waals surface area (Å²) < 4.78 is 4.96. The number of hydrogen-bond donors (Lipinski definition) is 0. The molecule has 0 aliphatic rings. The number of halogens is 1. The van der Waals surface area contributed by atoms with Gasteiger partial charge in [-0.25, -0.2) is 4.79 Å². The van der Waals surface area contributed by atoms with Crippen molar-refractivity contribution in [2.24, 2.45) is 0 Å². The van der Waals surface area contributed by atoms with Crippen LogP contribution in [0.1, 0.15) is 46.0 Å². The van der Waals surface area contributed by atoms with Crippen LogP contribution in [0.4, 0.5) is 4.79 Å². The van der Waals surface area contributed by atoms with E-state index in [0.29, 0.717) is 0 Å². The van der Waals surface area contributed by atoms with Gasteiger partial charge in [0.2, 0.25) is 0 Å². The van der Waals surface area contributed by atoms with Crippen molar-refractivity contribution in [2.75, 3.05) is 5.75 Å². The van der Waals surface area contributed by atoms with Crippen molar-refractivity contribution in [1.29, 1.82) is 0 Å². The van der Waals surface area contributed by atoms with E-state index in [9.17, 15) is 4.79 Å². The molecule has 1 atom stereocenters. The molecule has 0 aromatic heterocycles. The minimum absolute atomic E-state index is 0.261. The zero-order valence-corrected chi connectivity index (χ0v) is 10.5. The number of ether oxygens (including phenoxy) is 1. The first-order valence-electron chi connectivity index (χ1n) is 5.18. The van der Waals surface area contributed by atoms with Gasteiger partial charge in [-0.3, -0.25) is 0 Å². The maximum absolute atomic E-state index is 11.0. The topological polar surface area (TPSA) is 26.3 Å². The van der Waals surface area contributed by atoms with Gasteiger partial charge in [-0.2, -0.15) is 0 Å². The maximum atomic E-state index is 11.0. The molecule has 0 rings (SSSR count). The molecule has 0 spiro atoms. The predicted molar refractivity (Wildman–Crippen MR) is 63.0 cm³/mol. The third kappa shape index (κ3) is 8.70. The molecule has 0 saturated carbocycles. The molecule has 84 valence electrons. The summed E-state index contributed by atoms with van der Waals surface area (Å²) in [7, 11) is 0. The number of carbonyl (C=O) groups is 1. The summed E-state index contributed by atoms with van der Waals surface area (Å²) in [4.78, 5) is 11.0. The van der Waals surface area contributed by atoms with Crippen LogP contribution in [0, 0.1) is 0 Å². The molecular weight excluding hydrogens is 220 g/mol. The fourth-order valence-corrected chi connectivity index (χ4v) is 1.75. The predicted octanol–water partition coefficient (Wildman–Crippen LogP) is 4.41. The van der Waals surface area contributed by atoms with Gasteiger partial charge in [0.05, 0.1) is 0 Å². The molecule has 4 heteroatoms. The molecular formula is C10H19ClO2S. The number of carbonyl (C=O) groups excluding carboxylic acids is 1. The summed E-state index contributed by atoms with van der Waals surface area (Å²) in [5, 5.41) is -0.261. The van der Waals surface area contributed by atoms with E-state index in [1.54, 1.807) is 0 Å². The van der Waals surface area contributed by atoms with Crippen molar-refractivity contribution >= 4 is 28.7 Å². The Kier molecular flexibility index (Phi) is 9.73. The van der Waals surface area contributed by atoms with Crippen LogP contribution in [0.5, 0.6) is 0 Å². The molecule has 0 aromatic carbocycles. The molecule has 0 bridgehead atoms. The summed E-state index contributed by atoms with van der Waals surface area (Å²) >= 11 is 6.99. The number of thioether (sulfide) groups is 1. The molecule has 0 aromatic rings. The molecule has 2 nitrogen and oxygen atoms in total. The van der Waals surface area contributed by atoms with Crippen LogP contribution in [0.25, 0.3) is 0 Å². The lowest BCUT2D eigenvalue weighted by Crippen LogP contribution is -2.08. The molecule has 1 unspecified atom stereocenters. The van der Waals surface area contributed by atoms with Crippen LogP contribution in [0.15, 0.2) is 0 Å². The van der Waals surface area contributed by atoms with E-state index in [0.717, 1.165) is 36.8 Å². The zero-order chi connectivity index (χ0) is 10.8. The van der Waals surface area contributed by atoms with Gasteiger partial charge >= 0.3 is 5.30 Å². The van der Waals surface area contributed by atoms with E-state index in [-0.39, 0.29) is 5.30 Å². The SMILES string of the molecule is CCCCCCC(Cl)OC(=O)SCC. The largest absolute Gasteiger partial charge is 0.438 e. The second kappa shape index (κ2) is 9.66. The lowest BCUT2D eigenvalue weighted by Gasteiger charge is -2.09. The minimum atomic E-state index is -0.446. The Morgan fingerprint density at radius 2 is 2.07 bits per heavy atom. The van der Waals surface area contributed by atoms with Crippen LogP contribution in [0.2, 0.25) is 0 Å². The number of unbranched alkanes of at least 4 members (excludes halogenated alkanes) is 3. The standard InChI is InChI=1S/C10H19ClO2S/c1-3-5-6-7-8-9(11)13-10(12)14-4-2/h9H,3-8H2,1-2H3. The molecule has 0 aliphatic heterocycles. The van der Waals surface area contributed by atoms with E-state index in [4.69, 9.17) is 16.3 Å². The monoisotopic (exact) mass is 238 g/mol. The van der Waals surface area contributed by atoms with Crippen LogP contribution in [0.3, 0.4) is 0 Å². The third-order valence-corrected chi connectivity index (χ3v) is 2.70. The normalized spacial score (nSPS) is 12.5. The van der Waals surface area contributed by atoms with Crippen molar-refractivity contribution in [2.45, 2.75) is 51.5 Å². The highest BCUT2D eigenvalue weighted by molar-refractivity contribution is 8.13. The molecule has 0 fully saturated rings. The van der Waals surface area contributed by atoms with Gasteiger partial charge in [-0.15, -0.1) is 0 Å². The van der Waals surface area contributed by atoms with E-state index in [2.05, 4.69) is 6.92 Å². The highest BCUT2D eigenvalue weighted by atomic mass is 35.5. The second-order valence-corrected chi connectivity index (χ2v) is 4.75. The highest BCUT2D eigenvalue weighted by Crippen LogP contribution is 2.15. The van der Waals surface area contributed by atoms with E-state index in [1.807, 2.05) is 6.92 Å². The number of hydrogen-bond acceptors (Lipinski definition) is 3. The Bertz CT molecular complexity index is 153. The van der Waals surface area contributed by atoms with Crippen molar-refractivity contribution in [3.05, 3.63) is 0 Å². The van der Waals surface area contributed by atoms with Crippen LogP contribution < -0.4 is 0 Å². The van der Waals surface area contributed by atoms with Crippen molar-refractivity contribution in [3.63, 3.8) is 0 Å². The lowest BCUT2D eigenvalue weighted by molar-refractivity contribution is 0.155. The third-order valence-electron chi connectivity index (χ3n) is 1.77. The smallest absolute Gasteiger partial charge is 0.368 e.